The molecule has 0 aliphatic heterocycles. The van der Waals surface area contributed by atoms with Crippen LogP contribution >= 0.6 is 23.6 Å². The fraction of sp³-hybridized carbons (Fsp3) is 0.550. The molecule has 0 spiro atoms. The van der Waals surface area contributed by atoms with Crippen LogP contribution in [-0.2, 0) is 14.6 Å². The van der Waals surface area contributed by atoms with Crippen molar-refractivity contribution in [1.82, 2.24) is 10.3 Å². The fourth-order valence-corrected chi connectivity index (χ4v) is 7.83. The van der Waals surface area contributed by atoms with Gasteiger partial charge in [0.15, 0.2) is 20.1 Å². The second-order valence-electron chi connectivity index (χ2n) is 9.03. The first-order chi connectivity index (χ1) is 13.7. The Labute approximate surface area is 179 Å². The predicted molar refractivity (Wildman–Crippen MR) is 118 cm³/mol. The van der Waals surface area contributed by atoms with E-state index in [-0.39, 0.29) is 21.3 Å². The lowest BCUT2D eigenvalue weighted by Gasteiger charge is -2.55. The number of nitrogens with zero attached hydrogens (tertiary/aromatic N) is 1. The average molecular weight is 450 g/mol. The highest BCUT2D eigenvalue weighted by atomic mass is 32.2. The van der Waals surface area contributed by atoms with Gasteiger partial charge in [-0.3, -0.25) is 4.79 Å². The van der Waals surface area contributed by atoms with E-state index in [2.05, 4.69) is 15.6 Å². The van der Waals surface area contributed by atoms with Crippen molar-refractivity contribution in [2.75, 3.05) is 11.6 Å². The number of anilines is 1. The number of hydrogen-bond donors (Lipinski definition) is 2. The minimum absolute atomic E-state index is 0.0505. The molecule has 4 aliphatic rings. The molecule has 1 amide bonds. The van der Waals surface area contributed by atoms with Gasteiger partial charge in [0.25, 0.3) is 0 Å². The molecular formula is C20H23N3O3S3. The number of aromatic nitrogens is 1. The number of carbonyl (C=O) groups is 1. The molecule has 0 atom stereocenters. The number of carbonyl (C=O) groups excluding carboxylic acids is 1. The Hall–Kier alpha value is -1.58. The average Bonchev–Trinajstić information content (AvgIpc) is 3.00. The number of rotatable bonds is 3. The monoisotopic (exact) mass is 449 g/mol. The summed E-state index contributed by atoms with van der Waals surface area (Å²) in [5.74, 6) is 2.14. The molecule has 9 heteroatoms. The zero-order valence-corrected chi connectivity index (χ0v) is 18.6. The Morgan fingerprint density at radius 3 is 2.38 bits per heavy atom. The minimum Gasteiger partial charge on any atom is -0.308 e. The van der Waals surface area contributed by atoms with Gasteiger partial charge in [-0.1, -0.05) is 11.3 Å². The SMILES string of the molecule is CS(=O)(=O)c1ccc2nc(NC(=S)NC(=O)C34CC5CC(CC(C5)C3)C4)sc2c1. The van der Waals surface area contributed by atoms with Crippen LogP contribution in [-0.4, -0.2) is 30.7 Å². The third kappa shape index (κ3) is 3.57. The molecule has 2 aromatic rings. The number of amides is 1. The van der Waals surface area contributed by atoms with Gasteiger partial charge in [-0.15, -0.1) is 0 Å². The molecule has 0 saturated heterocycles. The number of sulfone groups is 1. The van der Waals surface area contributed by atoms with Crippen LogP contribution in [0.25, 0.3) is 10.2 Å². The van der Waals surface area contributed by atoms with E-state index < -0.39 is 9.84 Å². The van der Waals surface area contributed by atoms with Crippen molar-refractivity contribution < 1.29 is 13.2 Å². The summed E-state index contributed by atoms with van der Waals surface area (Å²) in [6.45, 7) is 0. The topological polar surface area (TPSA) is 88.2 Å². The second kappa shape index (κ2) is 6.72. The molecule has 29 heavy (non-hydrogen) atoms. The van der Waals surface area contributed by atoms with Gasteiger partial charge in [-0.2, -0.15) is 0 Å². The number of nitrogens with one attached hydrogen (secondary N) is 2. The minimum atomic E-state index is -3.27. The third-order valence-corrected chi connectivity index (χ3v) is 9.00. The molecule has 154 valence electrons. The molecule has 0 radical (unpaired) electrons. The summed E-state index contributed by atoms with van der Waals surface area (Å²) in [7, 11) is -3.27. The maximum Gasteiger partial charge on any atom is 0.232 e. The number of fused-ring (bicyclic) bond motifs is 1. The van der Waals surface area contributed by atoms with Crippen LogP contribution in [0.1, 0.15) is 38.5 Å². The summed E-state index contributed by atoms with van der Waals surface area (Å²) in [4.78, 5) is 17.8. The van der Waals surface area contributed by atoms with Gasteiger partial charge >= 0.3 is 0 Å². The van der Waals surface area contributed by atoms with Crippen LogP contribution in [0.15, 0.2) is 23.1 Å². The van der Waals surface area contributed by atoms with E-state index in [1.807, 2.05) is 0 Å². The van der Waals surface area contributed by atoms with Gasteiger partial charge < -0.3 is 10.6 Å². The lowest BCUT2D eigenvalue weighted by molar-refractivity contribution is -0.144. The molecule has 1 heterocycles. The number of benzene rings is 1. The summed E-state index contributed by atoms with van der Waals surface area (Å²) in [6.07, 6.45) is 8.02. The van der Waals surface area contributed by atoms with Crippen LogP contribution < -0.4 is 10.6 Å². The first-order valence-corrected chi connectivity index (χ1v) is 13.0. The van der Waals surface area contributed by atoms with Gasteiger partial charge in [-0.05, 0) is 86.7 Å². The van der Waals surface area contributed by atoms with E-state index in [0.717, 1.165) is 24.0 Å². The largest absolute Gasteiger partial charge is 0.308 e. The van der Waals surface area contributed by atoms with Crippen molar-refractivity contribution in [2.24, 2.45) is 23.2 Å². The summed E-state index contributed by atoms with van der Waals surface area (Å²) in [6, 6.07) is 4.85. The number of thiocarbonyl (C=S) groups is 1. The number of hydrogen-bond acceptors (Lipinski definition) is 6. The maximum atomic E-state index is 13.1. The predicted octanol–water partition coefficient (Wildman–Crippen LogP) is 3.73. The molecular weight excluding hydrogens is 426 g/mol. The standard InChI is InChI=1S/C20H23N3O3S3/c1-29(25,26)14-2-3-15-16(7-14)28-19(21-15)23-18(27)22-17(24)20-8-11-4-12(9-20)6-13(5-11)10-20/h2-3,7,11-13H,4-6,8-10H2,1H3,(H2,21,22,23,24,27). The van der Waals surface area contributed by atoms with Crippen LogP contribution in [0.2, 0.25) is 0 Å². The lowest BCUT2D eigenvalue weighted by atomic mass is 9.49. The van der Waals surface area contributed by atoms with E-state index in [0.29, 0.717) is 28.4 Å². The summed E-state index contributed by atoms with van der Waals surface area (Å²) < 4.78 is 24.2. The lowest BCUT2D eigenvalue weighted by Crippen LogP contribution is -2.55. The fourth-order valence-electron chi connectivity index (χ4n) is 5.94. The van der Waals surface area contributed by atoms with Crippen molar-refractivity contribution in [3.63, 3.8) is 0 Å². The van der Waals surface area contributed by atoms with Crippen LogP contribution in [0.3, 0.4) is 0 Å². The first-order valence-electron chi connectivity index (χ1n) is 9.93. The smallest absolute Gasteiger partial charge is 0.232 e. The van der Waals surface area contributed by atoms with Gasteiger partial charge in [0, 0.05) is 6.26 Å². The van der Waals surface area contributed by atoms with Crippen molar-refractivity contribution in [3.05, 3.63) is 18.2 Å². The molecule has 1 aromatic heterocycles. The second-order valence-corrected chi connectivity index (χ2v) is 12.5. The summed E-state index contributed by atoms with van der Waals surface area (Å²) >= 11 is 6.70. The van der Waals surface area contributed by atoms with E-state index in [1.54, 1.807) is 18.2 Å². The molecule has 1 aromatic carbocycles. The van der Waals surface area contributed by atoms with Gasteiger partial charge in [0.1, 0.15) is 0 Å². The highest BCUT2D eigenvalue weighted by Crippen LogP contribution is 2.60. The zero-order chi connectivity index (χ0) is 20.4. The normalized spacial score (nSPS) is 30.4. The Balaban J connectivity index is 1.29. The first kappa shape index (κ1) is 19.4. The highest BCUT2D eigenvalue weighted by molar-refractivity contribution is 7.90. The van der Waals surface area contributed by atoms with Crippen LogP contribution in [0.4, 0.5) is 5.13 Å². The molecule has 0 unspecified atom stereocenters. The summed E-state index contributed by atoms with van der Waals surface area (Å²) in [5.41, 5.74) is 0.443. The molecule has 6 nitrogen and oxygen atoms in total. The Kier molecular flexibility index (Phi) is 4.49. The van der Waals surface area contributed by atoms with Gasteiger partial charge in [0.05, 0.1) is 20.5 Å². The van der Waals surface area contributed by atoms with Crippen molar-refractivity contribution in [3.8, 4) is 0 Å². The van der Waals surface area contributed by atoms with E-state index in [9.17, 15) is 13.2 Å². The third-order valence-electron chi connectivity index (χ3n) is 6.76. The molecule has 4 bridgehead atoms. The summed E-state index contributed by atoms with van der Waals surface area (Å²) in [5, 5.41) is 6.73. The Morgan fingerprint density at radius 2 is 1.79 bits per heavy atom. The van der Waals surface area contributed by atoms with Crippen LogP contribution in [0, 0.1) is 23.2 Å². The number of thiazole rings is 1. The molecule has 6 rings (SSSR count). The van der Waals surface area contributed by atoms with E-state index >= 15 is 0 Å². The molecule has 4 saturated carbocycles. The Bertz CT molecular complexity index is 1090. The molecule has 4 fully saturated rings. The van der Waals surface area contributed by atoms with Crippen molar-refractivity contribution in [1.29, 1.82) is 0 Å². The van der Waals surface area contributed by atoms with E-state index in [1.165, 1.54) is 36.9 Å². The van der Waals surface area contributed by atoms with Crippen molar-refractivity contribution >= 4 is 59.8 Å². The van der Waals surface area contributed by atoms with Gasteiger partial charge in [0.2, 0.25) is 5.91 Å². The van der Waals surface area contributed by atoms with Gasteiger partial charge in [-0.25, -0.2) is 13.4 Å². The highest BCUT2D eigenvalue weighted by Gasteiger charge is 2.54. The molecule has 4 aliphatic carbocycles. The van der Waals surface area contributed by atoms with Crippen LogP contribution in [0.5, 0.6) is 0 Å². The Morgan fingerprint density at radius 1 is 1.17 bits per heavy atom. The zero-order valence-electron chi connectivity index (χ0n) is 16.1. The quantitative estimate of drug-likeness (QED) is 0.694. The molecule has 2 N–H and O–H groups in total. The maximum absolute atomic E-state index is 13.1. The van der Waals surface area contributed by atoms with E-state index in [4.69, 9.17) is 12.2 Å². The van der Waals surface area contributed by atoms with Crippen molar-refractivity contribution in [2.45, 2.75) is 43.4 Å².